The summed E-state index contributed by atoms with van der Waals surface area (Å²) in [6.07, 6.45) is 1.92. The molecule has 0 aliphatic carbocycles. The molecule has 13 nitrogen and oxygen atoms in total. The number of hydrogen-bond acceptors (Lipinski definition) is 12. The summed E-state index contributed by atoms with van der Waals surface area (Å²) in [6, 6.07) is 20.0. The molecule has 0 radical (unpaired) electrons. The number of hydrogen-bond donors (Lipinski definition) is 6. The van der Waals surface area contributed by atoms with Gasteiger partial charge in [-0.15, -0.1) is 0 Å². The van der Waals surface area contributed by atoms with E-state index in [0.29, 0.717) is 81.7 Å². The van der Waals surface area contributed by atoms with Gasteiger partial charge in [-0.25, -0.2) is 0 Å². The van der Waals surface area contributed by atoms with Crippen LogP contribution in [0.3, 0.4) is 0 Å². The van der Waals surface area contributed by atoms with Crippen LogP contribution in [0.15, 0.2) is 71.9 Å². The Morgan fingerprint density at radius 3 is 2.08 bits per heavy atom. The maximum atomic E-state index is 12.6. The largest absolute Gasteiger partial charge is 0.493 e. The minimum Gasteiger partial charge on any atom is -0.493 e. The lowest BCUT2D eigenvalue weighted by atomic mass is 9.93. The normalized spacial score (nSPS) is 16.2. The molecular weight excluding hydrogens is 682 g/mol. The highest BCUT2D eigenvalue weighted by atomic mass is 16.6. The van der Waals surface area contributed by atoms with E-state index in [1.807, 2.05) is 48.5 Å². The van der Waals surface area contributed by atoms with Gasteiger partial charge in [-0.3, -0.25) is 4.79 Å². The number of ether oxygens (including phenoxy) is 4. The maximum Gasteiger partial charge on any atom is 0.255 e. The fourth-order valence-corrected chi connectivity index (χ4v) is 6.56. The summed E-state index contributed by atoms with van der Waals surface area (Å²) in [7, 11) is 3.12. The van der Waals surface area contributed by atoms with E-state index in [1.54, 1.807) is 32.4 Å². The lowest BCUT2D eigenvalue weighted by Gasteiger charge is -2.28. The Morgan fingerprint density at radius 1 is 0.736 bits per heavy atom. The zero-order valence-corrected chi connectivity index (χ0v) is 29.8. The first kappa shape index (κ1) is 37.4. The fourth-order valence-electron chi connectivity index (χ4n) is 6.56. The number of carbonyl (C=O) groups is 1. The van der Waals surface area contributed by atoms with Crippen LogP contribution >= 0.6 is 0 Å². The number of nitrogens with zero attached hydrogens (tertiary/aromatic N) is 1. The van der Waals surface area contributed by atoms with E-state index in [-0.39, 0.29) is 32.3 Å². The molecule has 1 amide bonds. The minimum absolute atomic E-state index is 0.156. The molecule has 53 heavy (non-hydrogen) atoms. The SMILES string of the molecule is COc1cc(C2CC(c3cc(CO)c(CO)c(CO)c3)=NO2)cc(OC)c1OCCCCCOc1ccc(C2NC(=O)c3ccccc3N2)cc1CO. The van der Waals surface area contributed by atoms with Crippen molar-refractivity contribution in [3.05, 3.63) is 111 Å². The third kappa shape index (κ3) is 8.34. The van der Waals surface area contributed by atoms with Gasteiger partial charge in [-0.1, -0.05) is 23.4 Å². The van der Waals surface area contributed by atoms with Crippen LogP contribution in [0.1, 0.15) is 87.3 Å². The predicted octanol–water partition coefficient (Wildman–Crippen LogP) is 5.02. The van der Waals surface area contributed by atoms with Crippen LogP contribution in [0.5, 0.6) is 23.0 Å². The Morgan fingerprint density at radius 2 is 1.42 bits per heavy atom. The number of para-hydroxylation sites is 1. The quantitative estimate of drug-likeness (QED) is 0.0805. The van der Waals surface area contributed by atoms with Gasteiger partial charge in [0.2, 0.25) is 5.75 Å². The number of carbonyl (C=O) groups excluding carboxylic acids is 1. The molecule has 6 N–H and O–H groups in total. The average Bonchev–Trinajstić information content (AvgIpc) is 3.70. The van der Waals surface area contributed by atoms with Crippen LogP contribution in [-0.2, 0) is 31.3 Å². The third-order valence-corrected chi connectivity index (χ3v) is 9.42. The molecule has 0 fully saturated rings. The number of nitrogens with one attached hydrogen (secondary N) is 2. The molecule has 280 valence electrons. The highest BCUT2D eigenvalue weighted by Crippen LogP contribution is 2.43. The lowest BCUT2D eigenvalue weighted by Crippen LogP contribution is -2.38. The number of anilines is 1. The summed E-state index contributed by atoms with van der Waals surface area (Å²) in [6.45, 7) is -0.175. The first-order valence-corrected chi connectivity index (χ1v) is 17.5. The Bertz CT molecular complexity index is 1900. The summed E-state index contributed by atoms with van der Waals surface area (Å²) >= 11 is 0. The first-order chi connectivity index (χ1) is 25.9. The Labute approximate surface area is 307 Å². The number of amides is 1. The van der Waals surface area contributed by atoms with Crippen molar-refractivity contribution in [2.45, 2.75) is 64.4 Å². The summed E-state index contributed by atoms with van der Waals surface area (Å²) in [5, 5.41) is 50.0. The van der Waals surface area contributed by atoms with Gasteiger partial charge < -0.3 is 54.8 Å². The molecule has 0 spiro atoms. The van der Waals surface area contributed by atoms with Crippen molar-refractivity contribution in [2.24, 2.45) is 5.16 Å². The van der Waals surface area contributed by atoms with Crippen molar-refractivity contribution in [3.8, 4) is 23.0 Å². The number of unbranched alkanes of at least 4 members (excludes halogenated alkanes) is 2. The zero-order valence-electron chi connectivity index (χ0n) is 29.8. The fraction of sp³-hybridized carbons (Fsp3) is 0.350. The van der Waals surface area contributed by atoms with E-state index in [0.717, 1.165) is 36.1 Å². The van der Waals surface area contributed by atoms with Crippen molar-refractivity contribution in [2.75, 3.05) is 32.8 Å². The van der Waals surface area contributed by atoms with Crippen molar-refractivity contribution >= 4 is 17.3 Å². The zero-order chi connectivity index (χ0) is 37.3. The third-order valence-electron chi connectivity index (χ3n) is 9.42. The van der Waals surface area contributed by atoms with Gasteiger partial charge in [0.1, 0.15) is 11.9 Å². The topological polar surface area (TPSA) is 181 Å². The molecule has 0 aromatic heterocycles. The van der Waals surface area contributed by atoms with Crippen molar-refractivity contribution in [1.29, 1.82) is 0 Å². The second-order valence-electron chi connectivity index (χ2n) is 12.7. The highest BCUT2D eigenvalue weighted by Gasteiger charge is 2.28. The molecule has 2 aliphatic heterocycles. The van der Waals surface area contributed by atoms with Gasteiger partial charge >= 0.3 is 0 Å². The summed E-state index contributed by atoms with van der Waals surface area (Å²) in [4.78, 5) is 18.4. The molecule has 6 rings (SSSR count). The van der Waals surface area contributed by atoms with E-state index >= 15 is 0 Å². The molecule has 0 saturated carbocycles. The molecule has 4 aromatic carbocycles. The van der Waals surface area contributed by atoms with Gasteiger partial charge in [0.15, 0.2) is 17.6 Å². The molecule has 2 heterocycles. The minimum atomic E-state index is -0.431. The molecule has 2 aliphatic rings. The number of methoxy groups -OCH3 is 2. The van der Waals surface area contributed by atoms with Crippen LogP contribution in [0.25, 0.3) is 0 Å². The van der Waals surface area contributed by atoms with E-state index in [1.165, 1.54) is 0 Å². The van der Waals surface area contributed by atoms with Gasteiger partial charge in [-0.05, 0) is 90.0 Å². The van der Waals surface area contributed by atoms with Crippen molar-refractivity contribution in [3.63, 3.8) is 0 Å². The number of oxime groups is 1. The number of rotatable bonds is 17. The van der Waals surface area contributed by atoms with Crippen LogP contribution in [0, 0.1) is 0 Å². The van der Waals surface area contributed by atoms with E-state index in [2.05, 4.69) is 15.8 Å². The Kier molecular flexibility index (Phi) is 12.3. The van der Waals surface area contributed by atoms with E-state index in [9.17, 15) is 25.2 Å². The summed E-state index contributed by atoms with van der Waals surface area (Å²) < 4.78 is 23.5. The van der Waals surface area contributed by atoms with E-state index in [4.69, 9.17) is 23.8 Å². The Balaban J connectivity index is 0.995. The molecule has 4 aromatic rings. The van der Waals surface area contributed by atoms with Crippen LogP contribution in [0.2, 0.25) is 0 Å². The molecule has 0 bridgehead atoms. The van der Waals surface area contributed by atoms with E-state index < -0.39 is 12.3 Å². The maximum absolute atomic E-state index is 12.6. The van der Waals surface area contributed by atoms with Crippen molar-refractivity contribution in [1.82, 2.24) is 5.32 Å². The standard InChI is InChI=1S/C40H45N3O10/c1-49-36-17-26(35-19-33(43-53-35)25-15-27(20-44)31(23-47)28(16-25)21-45)18-37(50-2)38(36)52-13-7-3-6-12-51-34-11-10-24(14-29(34)22-46)39-41-32-9-5-4-8-30(32)40(48)42-39/h4-5,8-11,14-18,35,39,41,44-47H,3,6-7,12-13,19-23H2,1-2H3,(H,42,48). The smallest absolute Gasteiger partial charge is 0.255 e. The Hall–Kier alpha value is -5.34. The summed E-state index contributed by atoms with van der Waals surface area (Å²) in [5.41, 5.74) is 6.48. The molecule has 0 saturated heterocycles. The monoisotopic (exact) mass is 727 g/mol. The molecule has 2 unspecified atom stereocenters. The number of aliphatic hydroxyl groups is 4. The molecular formula is C40H45N3O10. The molecule has 2 atom stereocenters. The van der Waals surface area contributed by atoms with Crippen LogP contribution in [-0.4, -0.2) is 59.5 Å². The van der Waals surface area contributed by atoms with Crippen LogP contribution < -0.4 is 29.6 Å². The highest BCUT2D eigenvalue weighted by molar-refractivity contribution is 6.02. The second kappa shape index (κ2) is 17.5. The number of benzene rings is 4. The van der Waals surface area contributed by atoms with Gasteiger partial charge in [0, 0.05) is 28.8 Å². The summed E-state index contributed by atoms with van der Waals surface area (Å²) in [5.74, 6) is 1.90. The van der Waals surface area contributed by atoms with Gasteiger partial charge in [0.05, 0.1) is 65.1 Å². The van der Waals surface area contributed by atoms with Gasteiger partial charge in [0.25, 0.3) is 5.91 Å². The number of fused-ring (bicyclic) bond motifs is 1. The second-order valence-corrected chi connectivity index (χ2v) is 12.7. The van der Waals surface area contributed by atoms with Gasteiger partial charge in [-0.2, -0.15) is 0 Å². The average molecular weight is 728 g/mol. The van der Waals surface area contributed by atoms with Crippen molar-refractivity contribution < 1.29 is 49.0 Å². The predicted molar refractivity (Wildman–Crippen MR) is 196 cm³/mol. The number of aliphatic hydroxyl groups excluding tert-OH is 4. The lowest BCUT2D eigenvalue weighted by molar-refractivity contribution is 0.0852. The first-order valence-electron chi connectivity index (χ1n) is 17.5. The van der Waals surface area contributed by atoms with Crippen LogP contribution in [0.4, 0.5) is 5.69 Å². The molecule has 13 heteroatoms.